The number of hydrazine groups is 1. The molecule has 0 aliphatic heterocycles. The van der Waals surface area contributed by atoms with Crippen molar-refractivity contribution in [1.29, 1.82) is 0 Å². The van der Waals surface area contributed by atoms with Crippen LogP contribution in [0.2, 0.25) is 0 Å². The summed E-state index contributed by atoms with van der Waals surface area (Å²) < 4.78 is 18.6. The lowest BCUT2D eigenvalue weighted by atomic mass is 10.1. The number of hydrogen-bond donors (Lipinski definition) is 3. The maximum Gasteiger partial charge on any atom is 0.268 e. The van der Waals surface area contributed by atoms with Crippen LogP contribution < -0.4 is 21.3 Å². The Kier molecular flexibility index (Phi) is 4.70. The number of halogens is 1. The summed E-state index contributed by atoms with van der Waals surface area (Å²) in [7, 11) is 1.38. The second kappa shape index (κ2) is 6.68. The molecule has 4 N–H and O–H groups in total. The number of rotatable bonds is 4. The van der Waals surface area contributed by atoms with Crippen molar-refractivity contribution in [3.05, 3.63) is 59.4 Å². The smallest absolute Gasteiger partial charge is 0.268 e. The van der Waals surface area contributed by atoms with E-state index in [1.54, 1.807) is 6.07 Å². The van der Waals surface area contributed by atoms with E-state index in [-0.39, 0.29) is 16.9 Å². The average molecular weight is 303 g/mol. The van der Waals surface area contributed by atoms with Gasteiger partial charge >= 0.3 is 0 Å². The van der Waals surface area contributed by atoms with Crippen LogP contribution in [0.1, 0.15) is 20.7 Å². The van der Waals surface area contributed by atoms with Gasteiger partial charge in [-0.1, -0.05) is 12.1 Å². The molecule has 0 bridgehead atoms. The third-order valence-electron chi connectivity index (χ3n) is 2.95. The summed E-state index contributed by atoms with van der Waals surface area (Å²) >= 11 is 0. The summed E-state index contributed by atoms with van der Waals surface area (Å²) in [4.78, 5) is 23.6. The van der Waals surface area contributed by atoms with Crippen LogP contribution in [0.5, 0.6) is 5.75 Å². The van der Waals surface area contributed by atoms with Crippen molar-refractivity contribution in [1.82, 2.24) is 5.43 Å². The van der Waals surface area contributed by atoms with Gasteiger partial charge in [0.15, 0.2) is 0 Å². The number of nitrogens with two attached hydrogens (primary N) is 1. The molecule has 114 valence electrons. The SMILES string of the molecule is COc1cc(NC(=O)c2ccccc2F)ccc1C(=O)NN. The molecule has 0 aromatic heterocycles. The molecule has 22 heavy (non-hydrogen) atoms. The quantitative estimate of drug-likeness (QED) is 0.455. The number of carbonyl (C=O) groups excluding carboxylic acids is 2. The average Bonchev–Trinajstić information content (AvgIpc) is 2.54. The van der Waals surface area contributed by atoms with Gasteiger partial charge < -0.3 is 10.1 Å². The predicted molar refractivity (Wildman–Crippen MR) is 79.0 cm³/mol. The highest BCUT2D eigenvalue weighted by Gasteiger charge is 2.14. The Hall–Kier alpha value is -2.93. The minimum Gasteiger partial charge on any atom is -0.496 e. The van der Waals surface area contributed by atoms with Gasteiger partial charge in [0, 0.05) is 11.8 Å². The van der Waals surface area contributed by atoms with E-state index in [0.29, 0.717) is 5.69 Å². The van der Waals surface area contributed by atoms with Gasteiger partial charge in [-0.2, -0.15) is 0 Å². The molecule has 0 spiro atoms. The highest BCUT2D eigenvalue weighted by molar-refractivity contribution is 6.05. The standard InChI is InChI=1S/C15H14FN3O3/c1-22-13-8-9(6-7-11(13)15(21)19-17)18-14(20)10-4-2-3-5-12(10)16/h2-8H,17H2,1H3,(H,18,20)(H,19,21). The van der Waals surface area contributed by atoms with Crippen LogP contribution in [0.25, 0.3) is 0 Å². The van der Waals surface area contributed by atoms with Crippen LogP contribution in [0.4, 0.5) is 10.1 Å². The highest BCUT2D eigenvalue weighted by Crippen LogP contribution is 2.23. The van der Waals surface area contributed by atoms with E-state index >= 15 is 0 Å². The number of ether oxygens (including phenoxy) is 1. The lowest BCUT2D eigenvalue weighted by Crippen LogP contribution is -2.30. The van der Waals surface area contributed by atoms with E-state index < -0.39 is 17.6 Å². The Morgan fingerprint density at radius 3 is 2.45 bits per heavy atom. The molecule has 0 aliphatic rings. The molecule has 0 atom stereocenters. The molecule has 2 aromatic rings. The van der Waals surface area contributed by atoms with Crippen LogP contribution in [-0.2, 0) is 0 Å². The number of methoxy groups -OCH3 is 1. The molecule has 2 aromatic carbocycles. The van der Waals surface area contributed by atoms with Crippen molar-refractivity contribution in [3.63, 3.8) is 0 Å². The topological polar surface area (TPSA) is 93.4 Å². The molecule has 7 heteroatoms. The van der Waals surface area contributed by atoms with Gasteiger partial charge in [0.25, 0.3) is 11.8 Å². The fraction of sp³-hybridized carbons (Fsp3) is 0.0667. The summed E-state index contributed by atoms with van der Waals surface area (Å²) in [5.41, 5.74) is 2.49. The van der Waals surface area contributed by atoms with Crippen molar-refractivity contribution in [2.24, 2.45) is 5.84 Å². The predicted octanol–water partition coefficient (Wildman–Crippen LogP) is 1.69. The Morgan fingerprint density at radius 1 is 1.09 bits per heavy atom. The minimum atomic E-state index is -0.619. The van der Waals surface area contributed by atoms with Gasteiger partial charge in [-0.15, -0.1) is 0 Å². The number of anilines is 1. The van der Waals surface area contributed by atoms with Crippen LogP contribution in [-0.4, -0.2) is 18.9 Å². The van der Waals surface area contributed by atoms with Gasteiger partial charge in [-0.05, 0) is 24.3 Å². The maximum atomic E-state index is 13.6. The van der Waals surface area contributed by atoms with Gasteiger partial charge in [-0.25, -0.2) is 10.2 Å². The van der Waals surface area contributed by atoms with E-state index in [1.807, 2.05) is 5.43 Å². The fourth-order valence-electron chi connectivity index (χ4n) is 1.88. The van der Waals surface area contributed by atoms with Crippen LogP contribution in [0.3, 0.4) is 0 Å². The highest BCUT2D eigenvalue weighted by atomic mass is 19.1. The van der Waals surface area contributed by atoms with Crippen molar-refractivity contribution in [2.45, 2.75) is 0 Å². The third kappa shape index (κ3) is 3.21. The van der Waals surface area contributed by atoms with E-state index in [9.17, 15) is 14.0 Å². The maximum absolute atomic E-state index is 13.6. The van der Waals surface area contributed by atoms with E-state index in [1.165, 1.54) is 43.5 Å². The van der Waals surface area contributed by atoms with Crippen molar-refractivity contribution in [2.75, 3.05) is 12.4 Å². The largest absolute Gasteiger partial charge is 0.496 e. The third-order valence-corrected chi connectivity index (χ3v) is 2.95. The molecule has 0 saturated heterocycles. The monoisotopic (exact) mass is 303 g/mol. The van der Waals surface area contributed by atoms with E-state index in [0.717, 1.165) is 0 Å². The summed E-state index contributed by atoms with van der Waals surface area (Å²) in [6, 6.07) is 10.0. The van der Waals surface area contributed by atoms with Crippen molar-refractivity contribution in [3.8, 4) is 5.75 Å². The van der Waals surface area contributed by atoms with Crippen LogP contribution in [0, 0.1) is 5.82 Å². The number of nitrogen functional groups attached to an aromatic ring is 1. The molecule has 0 radical (unpaired) electrons. The number of hydrogen-bond acceptors (Lipinski definition) is 4. The number of benzene rings is 2. The lowest BCUT2D eigenvalue weighted by molar-refractivity contribution is 0.0950. The van der Waals surface area contributed by atoms with Crippen LogP contribution in [0.15, 0.2) is 42.5 Å². The lowest BCUT2D eigenvalue weighted by Gasteiger charge is -2.11. The first-order valence-electron chi connectivity index (χ1n) is 6.31. The molecular formula is C15H14FN3O3. The Bertz CT molecular complexity index is 719. The summed E-state index contributed by atoms with van der Waals surface area (Å²) in [6.07, 6.45) is 0. The first-order valence-corrected chi connectivity index (χ1v) is 6.31. The molecular weight excluding hydrogens is 289 g/mol. The molecule has 2 rings (SSSR count). The zero-order valence-corrected chi connectivity index (χ0v) is 11.7. The van der Waals surface area contributed by atoms with E-state index in [4.69, 9.17) is 10.6 Å². The number of nitrogens with one attached hydrogen (secondary N) is 2. The molecule has 0 heterocycles. The molecule has 6 nitrogen and oxygen atoms in total. The number of carbonyl (C=O) groups is 2. The minimum absolute atomic E-state index is 0.0785. The zero-order chi connectivity index (χ0) is 16.1. The van der Waals surface area contributed by atoms with Gasteiger partial charge in [-0.3, -0.25) is 15.0 Å². The summed E-state index contributed by atoms with van der Waals surface area (Å²) in [5, 5.41) is 2.54. The Labute approximate surface area is 126 Å². The summed E-state index contributed by atoms with van der Waals surface area (Å²) in [5.74, 6) is 3.56. The fourth-order valence-corrected chi connectivity index (χ4v) is 1.88. The van der Waals surface area contributed by atoms with E-state index in [2.05, 4.69) is 5.32 Å². The van der Waals surface area contributed by atoms with Gasteiger partial charge in [0.05, 0.1) is 18.2 Å². The molecule has 2 amide bonds. The van der Waals surface area contributed by atoms with Crippen LogP contribution >= 0.6 is 0 Å². The Morgan fingerprint density at radius 2 is 1.82 bits per heavy atom. The first-order chi connectivity index (χ1) is 10.6. The second-order valence-electron chi connectivity index (χ2n) is 4.32. The van der Waals surface area contributed by atoms with Gasteiger partial charge in [0.1, 0.15) is 11.6 Å². The number of amides is 2. The second-order valence-corrected chi connectivity index (χ2v) is 4.32. The Balaban J connectivity index is 2.25. The molecule has 0 aliphatic carbocycles. The molecule has 0 saturated carbocycles. The molecule has 0 fully saturated rings. The van der Waals surface area contributed by atoms with Crippen molar-refractivity contribution >= 4 is 17.5 Å². The first kappa shape index (κ1) is 15.5. The zero-order valence-electron chi connectivity index (χ0n) is 11.7. The summed E-state index contributed by atoms with van der Waals surface area (Å²) in [6.45, 7) is 0. The van der Waals surface area contributed by atoms with Crippen molar-refractivity contribution < 1.29 is 18.7 Å². The molecule has 0 unspecified atom stereocenters. The van der Waals surface area contributed by atoms with Gasteiger partial charge in [0.2, 0.25) is 0 Å². The normalized spacial score (nSPS) is 9.95.